The van der Waals surface area contributed by atoms with E-state index < -0.39 is 0 Å². The Morgan fingerprint density at radius 2 is 2.11 bits per heavy atom. The van der Waals surface area contributed by atoms with Gasteiger partial charge in [-0.25, -0.2) is 0 Å². The lowest BCUT2D eigenvalue weighted by Crippen LogP contribution is -2.43. The van der Waals surface area contributed by atoms with Gasteiger partial charge < -0.3 is 15.4 Å². The van der Waals surface area contributed by atoms with Gasteiger partial charge in [-0.15, -0.1) is 0 Å². The fourth-order valence-corrected chi connectivity index (χ4v) is 1.72. The number of hydrogen-bond donors (Lipinski definition) is 2. The van der Waals surface area contributed by atoms with E-state index in [0.717, 1.165) is 44.6 Å². The Morgan fingerprint density at radius 3 is 2.68 bits per heavy atom. The molecule has 0 amide bonds. The van der Waals surface area contributed by atoms with Crippen molar-refractivity contribution in [3.8, 4) is 0 Å². The Balaban J connectivity index is 2.01. The van der Waals surface area contributed by atoms with Gasteiger partial charge in [-0.1, -0.05) is 0 Å². The fraction of sp³-hybridized carbons (Fsp3) is 0.929. The first-order valence-electron chi connectivity index (χ1n) is 7.15. The number of guanidine groups is 1. The highest BCUT2D eigenvalue weighted by molar-refractivity contribution is 7.99. The zero-order chi connectivity index (χ0) is 14.1. The summed E-state index contributed by atoms with van der Waals surface area (Å²) in [7, 11) is 1.81. The molecule has 4 nitrogen and oxygen atoms in total. The van der Waals surface area contributed by atoms with Crippen LogP contribution >= 0.6 is 11.8 Å². The summed E-state index contributed by atoms with van der Waals surface area (Å²) in [5.74, 6) is 1.74. The lowest BCUT2D eigenvalue weighted by atomic mass is 10.2. The molecule has 0 atom stereocenters. The molecule has 19 heavy (non-hydrogen) atoms. The Hall–Kier alpha value is -0.420. The van der Waals surface area contributed by atoms with E-state index in [1.807, 2.05) is 18.8 Å². The van der Waals surface area contributed by atoms with E-state index in [1.54, 1.807) is 0 Å². The largest absolute Gasteiger partial charge is 0.381 e. The number of thioether (sulfide) groups is 1. The number of hydrogen-bond acceptors (Lipinski definition) is 3. The lowest BCUT2D eigenvalue weighted by Gasteiger charge is -2.23. The van der Waals surface area contributed by atoms with Gasteiger partial charge in [0.2, 0.25) is 0 Å². The van der Waals surface area contributed by atoms with Gasteiger partial charge in [0.1, 0.15) is 0 Å². The molecule has 0 radical (unpaired) electrons. The highest BCUT2D eigenvalue weighted by Crippen LogP contribution is 2.28. The van der Waals surface area contributed by atoms with Gasteiger partial charge in [0.05, 0.1) is 0 Å². The van der Waals surface area contributed by atoms with Crippen molar-refractivity contribution in [2.75, 3.05) is 39.6 Å². The van der Waals surface area contributed by atoms with E-state index in [0.29, 0.717) is 0 Å². The quantitative estimate of drug-likeness (QED) is 0.387. The van der Waals surface area contributed by atoms with Gasteiger partial charge in [-0.2, -0.15) is 11.8 Å². The van der Waals surface area contributed by atoms with E-state index in [2.05, 4.69) is 35.7 Å². The van der Waals surface area contributed by atoms with Crippen LogP contribution in [-0.4, -0.2) is 50.3 Å². The number of nitrogens with zero attached hydrogens (tertiary/aromatic N) is 1. The molecule has 0 unspecified atom stereocenters. The minimum absolute atomic E-state index is 0.227. The minimum Gasteiger partial charge on any atom is -0.381 e. The number of ether oxygens (including phenoxy) is 1. The van der Waals surface area contributed by atoms with Crippen molar-refractivity contribution in [2.24, 2.45) is 10.9 Å². The summed E-state index contributed by atoms with van der Waals surface area (Å²) in [4.78, 5) is 4.23. The third-order valence-electron chi connectivity index (χ3n) is 3.27. The fourth-order valence-electron chi connectivity index (χ4n) is 1.50. The molecule has 0 heterocycles. The van der Waals surface area contributed by atoms with Gasteiger partial charge >= 0.3 is 0 Å². The Kier molecular flexibility index (Phi) is 7.61. The van der Waals surface area contributed by atoms with Crippen LogP contribution in [0.25, 0.3) is 0 Å². The van der Waals surface area contributed by atoms with Gasteiger partial charge in [-0.3, -0.25) is 4.99 Å². The number of aliphatic imine (C=N–C) groups is 1. The molecular formula is C14H29N3OS. The molecular weight excluding hydrogens is 258 g/mol. The Morgan fingerprint density at radius 1 is 1.37 bits per heavy atom. The molecule has 1 fully saturated rings. The van der Waals surface area contributed by atoms with Crippen LogP contribution in [-0.2, 0) is 4.74 Å². The third kappa shape index (κ3) is 8.37. The normalized spacial score (nSPS) is 16.5. The molecule has 2 N–H and O–H groups in total. The first-order chi connectivity index (χ1) is 9.07. The second-order valence-corrected chi connectivity index (χ2v) is 7.20. The Bertz CT molecular complexity index is 278. The number of nitrogens with one attached hydrogen (secondary N) is 2. The van der Waals surface area contributed by atoms with Gasteiger partial charge in [0.25, 0.3) is 0 Å². The smallest absolute Gasteiger partial charge is 0.191 e. The summed E-state index contributed by atoms with van der Waals surface area (Å²) in [6.45, 7) is 8.06. The second-order valence-electron chi connectivity index (χ2n) is 5.69. The standard InChI is InChI=1S/C14H29N3OS/c1-14(2,19-4)11-17-13(15-3)16-8-5-9-18-10-12-6-7-12/h12H,5-11H2,1-4H3,(H2,15,16,17). The van der Waals surface area contributed by atoms with Crippen molar-refractivity contribution in [2.45, 2.75) is 37.9 Å². The molecule has 0 aromatic carbocycles. The first-order valence-corrected chi connectivity index (χ1v) is 8.37. The first kappa shape index (κ1) is 16.6. The summed E-state index contributed by atoms with van der Waals surface area (Å²) in [5, 5.41) is 6.68. The van der Waals surface area contributed by atoms with Crippen LogP contribution in [0.3, 0.4) is 0 Å². The molecule has 112 valence electrons. The molecule has 0 saturated heterocycles. The van der Waals surface area contributed by atoms with Crippen molar-refractivity contribution in [3.63, 3.8) is 0 Å². The molecule has 1 saturated carbocycles. The average molecular weight is 287 g/mol. The molecule has 0 spiro atoms. The zero-order valence-corrected chi connectivity index (χ0v) is 13.6. The van der Waals surface area contributed by atoms with Crippen molar-refractivity contribution in [1.82, 2.24) is 10.6 Å². The molecule has 0 bridgehead atoms. The predicted molar refractivity (Wildman–Crippen MR) is 85.1 cm³/mol. The SMILES string of the molecule is CN=C(NCCCOCC1CC1)NCC(C)(C)SC. The molecule has 0 aliphatic heterocycles. The van der Waals surface area contributed by atoms with Crippen molar-refractivity contribution in [1.29, 1.82) is 0 Å². The van der Waals surface area contributed by atoms with Crippen molar-refractivity contribution in [3.05, 3.63) is 0 Å². The van der Waals surface area contributed by atoms with E-state index >= 15 is 0 Å². The van der Waals surface area contributed by atoms with Crippen LogP contribution in [0.2, 0.25) is 0 Å². The molecule has 0 aromatic heterocycles. The summed E-state index contributed by atoms with van der Waals surface area (Å²) in [6, 6.07) is 0. The maximum absolute atomic E-state index is 5.60. The van der Waals surface area contributed by atoms with Crippen LogP contribution in [0.1, 0.15) is 33.1 Å². The summed E-state index contributed by atoms with van der Waals surface area (Å²) >= 11 is 1.86. The monoisotopic (exact) mass is 287 g/mol. The summed E-state index contributed by atoms with van der Waals surface area (Å²) in [6.07, 6.45) is 5.88. The van der Waals surface area contributed by atoms with Crippen LogP contribution in [0.4, 0.5) is 0 Å². The van der Waals surface area contributed by atoms with Crippen LogP contribution in [0.15, 0.2) is 4.99 Å². The van der Waals surface area contributed by atoms with E-state index in [1.165, 1.54) is 12.8 Å². The van der Waals surface area contributed by atoms with E-state index in [4.69, 9.17) is 4.74 Å². The number of rotatable bonds is 9. The third-order valence-corrected chi connectivity index (χ3v) is 4.52. The molecule has 1 aliphatic carbocycles. The lowest BCUT2D eigenvalue weighted by molar-refractivity contribution is 0.123. The van der Waals surface area contributed by atoms with Gasteiger partial charge in [0.15, 0.2) is 5.96 Å². The maximum Gasteiger partial charge on any atom is 0.191 e. The van der Waals surface area contributed by atoms with Gasteiger partial charge in [0, 0.05) is 38.1 Å². The topological polar surface area (TPSA) is 45.7 Å². The zero-order valence-electron chi connectivity index (χ0n) is 12.8. The molecule has 1 aliphatic rings. The second kappa shape index (κ2) is 8.69. The van der Waals surface area contributed by atoms with Crippen molar-refractivity contribution >= 4 is 17.7 Å². The minimum atomic E-state index is 0.227. The van der Waals surface area contributed by atoms with Crippen LogP contribution in [0.5, 0.6) is 0 Å². The molecule has 5 heteroatoms. The highest BCUT2D eigenvalue weighted by Gasteiger charge is 2.20. The Labute approximate surface area is 122 Å². The predicted octanol–water partition coefficient (Wildman–Crippen LogP) is 2.11. The van der Waals surface area contributed by atoms with Crippen LogP contribution < -0.4 is 10.6 Å². The average Bonchev–Trinajstić information content (AvgIpc) is 3.21. The summed E-state index contributed by atoms with van der Waals surface area (Å²) < 4.78 is 5.83. The van der Waals surface area contributed by atoms with Crippen molar-refractivity contribution < 1.29 is 4.74 Å². The maximum atomic E-state index is 5.60. The highest BCUT2D eigenvalue weighted by atomic mass is 32.2. The molecule has 0 aromatic rings. The van der Waals surface area contributed by atoms with Gasteiger partial charge in [-0.05, 0) is 45.3 Å². The molecule has 1 rings (SSSR count). The van der Waals surface area contributed by atoms with E-state index in [9.17, 15) is 0 Å². The van der Waals surface area contributed by atoms with E-state index in [-0.39, 0.29) is 4.75 Å². The summed E-state index contributed by atoms with van der Waals surface area (Å²) in [5.41, 5.74) is 0. The van der Waals surface area contributed by atoms with Crippen LogP contribution in [0, 0.1) is 5.92 Å².